The minimum absolute atomic E-state index is 0.286. The van der Waals surface area contributed by atoms with Crippen LogP contribution >= 0.6 is 23.4 Å². The minimum Gasteiger partial charge on any atom is -0.399 e. The summed E-state index contributed by atoms with van der Waals surface area (Å²) in [6, 6.07) is 4.45. The molecule has 0 aliphatic rings. The predicted octanol–water partition coefficient (Wildman–Crippen LogP) is 3.58. The molecule has 0 aliphatic heterocycles. The number of benzene rings is 1. The number of nitrogens with two attached hydrogens (primary N) is 1. The summed E-state index contributed by atoms with van der Waals surface area (Å²) in [5.41, 5.74) is 5.82. The van der Waals surface area contributed by atoms with Gasteiger partial charge in [-0.1, -0.05) is 11.6 Å². The smallest absolute Gasteiger partial charge is 0.398 e. The average Bonchev–Trinajstić information content (AvgIpc) is 2.05. The van der Waals surface area contributed by atoms with Gasteiger partial charge in [0.15, 0.2) is 0 Å². The lowest BCUT2D eigenvalue weighted by atomic mass is 10.3. The fourth-order valence-electron chi connectivity index (χ4n) is 0.790. The van der Waals surface area contributed by atoms with E-state index in [0.717, 1.165) is 0 Å². The van der Waals surface area contributed by atoms with E-state index in [0.29, 0.717) is 22.3 Å². The Morgan fingerprint density at radius 3 is 2.57 bits per heavy atom. The zero-order valence-electron chi connectivity index (χ0n) is 6.94. The molecule has 0 aliphatic carbocycles. The van der Waals surface area contributed by atoms with Crippen molar-refractivity contribution in [2.75, 3.05) is 11.5 Å². The predicted molar refractivity (Wildman–Crippen MR) is 52.6 cm³/mol. The third-order valence-corrected chi connectivity index (χ3v) is 2.91. The Balaban J connectivity index is 2.72. The summed E-state index contributed by atoms with van der Waals surface area (Å²) in [5.74, 6) is -0.962. The van der Waals surface area contributed by atoms with Crippen LogP contribution in [0.1, 0.15) is 0 Å². The number of hydrogen-bond acceptors (Lipinski definition) is 2. The van der Waals surface area contributed by atoms with Gasteiger partial charge in [-0.25, -0.2) is 0 Å². The van der Waals surface area contributed by atoms with Gasteiger partial charge in [0.1, 0.15) is 0 Å². The number of anilines is 1. The highest BCUT2D eigenvalue weighted by atomic mass is 35.5. The topological polar surface area (TPSA) is 26.0 Å². The van der Waals surface area contributed by atoms with Crippen molar-refractivity contribution in [1.29, 1.82) is 0 Å². The maximum atomic E-state index is 11.9. The summed E-state index contributed by atoms with van der Waals surface area (Å²) in [4.78, 5) is 0.351. The highest BCUT2D eigenvalue weighted by molar-refractivity contribution is 7.99. The molecule has 0 saturated heterocycles. The highest BCUT2D eigenvalue weighted by Gasteiger charge is 2.27. The maximum Gasteiger partial charge on any atom is 0.398 e. The molecule has 0 unspecified atom stereocenters. The third kappa shape index (κ3) is 3.67. The van der Waals surface area contributed by atoms with E-state index in [-0.39, 0.29) is 5.02 Å². The first-order valence-electron chi connectivity index (χ1n) is 3.63. The van der Waals surface area contributed by atoms with Crippen molar-refractivity contribution >= 4 is 29.1 Å². The summed E-state index contributed by atoms with van der Waals surface area (Å²) in [6.45, 7) is 0. The van der Waals surface area contributed by atoms with Gasteiger partial charge in [0.25, 0.3) is 0 Å². The van der Waals surface area contributed by atoms with Crippen LogP contribution in [-0.2, 0) is 0 Å². The van der Waals surface area contributed by atoms with E-state index >= 15 is 0 Å². The molecule has 0 radical (unpaired) electrons. The van der Waals surface area contributed by atoms with Crippen molar-refractivity contribution in [2.24, 2.45) is 0 Å². The first-order valence-corrected chi connectivity index (χ1v) is 4.99. The van der Waals surface area contributed by atoms with Crippen LogP contribution < -0.4 is 5.73 Å². The summed E-state index contributed by atoms with van der Waals surface area (Å²) >= 11 is 6.31. The van der Waals surface area contributed by atoms with E-state index in [1.54, 1.807) is 6.07 Å². The van der Waals surface area contributed by atoms with Crippen LogP contribution in [0.5, 0.6) is 0 Å². The number of nitrogen functional groups attached to an aromatic ring is 1. The summed E-state index contributed by atoms with van der Waals surface area (Å²) in [7, 11) is 0. The normalized spacial score (nSPS) is 11.7. The van der Waals surface area contributed by atoms with Crippen molar-refractivity contribution in [3.63, 3.8) is 0 Å². The second-order valence-corrected chi connectivity index (χ2v) is 4.02. The molecule has 1 aromatic carbocycles. The molecule has 0 atom stereocenters. The summed E-state index contributed by atoms with van der Waals surface area (Å²) < 4.78 is 35.6. The first kappa shape index (κ1) is 11.5. The third-order valence-electron chi connectivity index (χ3n) is 1.35. The van der Waals surface area contributed by atoms with E-state index in [1.807, 2.05) is 0 Å². The molecule has 0 fully saturated rings. The quantitative estimate of drug-likeness (QED) is 0.633. The zero-order valence-corrected chi connectivity index (χ0v) is 8.51. The lowest BCUT2D eigenvalue weighted by Crippen LogP contribution is -2.10. The van der Waals surface area contributed by atoms with Crippen LogP contribution in [0.3, 0.4) is 0 Å². The Morgan fingerprint density at radius 1 is 1.36 bits per heavy atom. The monoisotopic (exact) mass is 241 g/mol. The molecule has 0 heterocycles. The van der Waals surface area contributed by atoms with Crippen molar-refractivity contribution < 1.29 is 13.2 Å². The largest absolute Gasteiger partial charge is 0.399 e. The minimum atomic E-state index is -4.20. The van der Waals surface area contributed by atoms with Crippen LogP contribution in [0.25, 0.3) is 0 Å². The molecule has 1 rings (SSSR count). The van der Waals surface area contributed by atoms with E-state index < -0.39 is 11.9 Å². The number of thioether (sulfide) groups is 1. The van der Waals surface area contributed by atoms with Gasteiger partial charge < -0.3 is 5.73 Å². The van der Waals surface area contributed by atoms with Crippen LogP contribution in [-0.4, -0.2) is 11.9 Å². The molecule has 78 valence electrons. The number of alkyl halides is 3. The Labute approximate surface area is 88.4 Å². The fraction of sp³-hybridized carbons (Fsp3) is 0.250. The van der Waals surface area contributed by atoms with Gasteiger partial charge in [0.2, 0.25) is 0 Å². The van der Waals surface area contributed by atoms with Crippen molar-refractivity contribution in [1.82, 2.24) is 0 Å². The molecule has 0 bridgehead atoms. The standard InChI is InChI=1S/C8H7ClF3NS/c9-6-2-1-5(13)3-7(6)14-4-8(10,11)12/h1-3H,4,13H2. The van der Waals surface area contributed by atoms with Gasteiger partial charge >= 0.3 is 6.18 Å². The number of rotatable bonds is 2. The molecule has 0 saturated carbocycles. The molecular weight excluding hydrogens is 235 g/mol. The lowest BCUT2D eigenvalue weighted by Gasteiger charge is -2.07. The fourth-order valence-corrected chi connectivity index (χ4v) is 1.82. The SMILES string of the molecule is Nc1ccc(Cl)c(SCC(F)(F)F)c1. The molecule has 0 spiro atoms. The highest BCUT2D eigenvalue weighted by Crippen LogP contribution is 2.33. The summed E-state index contributed by atoms with van der Waals surface area (Å²) in [6.07, 6.45) is -4.20. The second-order valence-electron chi connectivity index (χ2n) is 2.59. The van der Waals surface area contributed by atoms with Crippen molar-refractivity contribution in [2.45, 2.75) is 11.1 Å². The van der Waals surface area contributed by atoms with E-state index in [4.69, 9.17) is 17.3 Å². The molecule has 6 heteroatoms. The molecule has 1 nitrogen and oxygen atoms in total. The average molecular weight is 242 g/mol. The van der Waals surface area contributed by atoms with E-state index in [2.05, 4.69) is 0 Å². The molecule has 0 amide bonds. The Morgan fingerprint density at radius 2 is 2.00 bits per heavy atom. The van der Waals surface area contributed by atoms with Crippen LogP contribution in [0.2, 0.25) is 5.02 Å². The Bertz CT molecular complexity index is 327. The van der Waals surface area contributed by atoms with E-state index in [1.165, 1.54) is 12.1 Å². The molecular formula is C8H7ClF3NS. The van der Waals surface area contributed by atoms with Gasteiger partial charge in [-0.05, 0) is 18.2 Å². The molecule has 1 aromatic rings. The van der Waals surface area contributed by atoms with Crippen LogP contribution in [0.4, 0.5) is 18.9 Å². The van der Waals surface area contributed by atoms with Crippen molar-refractivity contribution in [3.8, 4) is 0 Å². The first-order chi connectivity index (χ1) is 6.38. The second kappa shape index (κ2) is 4.31. The van der Waals surface area contributed by atoms with Crippen LogP contribution in [0.15, 0.2) is 23.1 Å². The number of halogens is 4. The molecule has 0 aromatic heterocycles. The summed E-state index contributed by atoms with van der Waals surface area (Å²) in [5, 5.41) is 0.286. The zero-order chi connectivity index (χ0) is 10.8. The van der Waals surface area contributed by atoms with Gasteiger partial charge in [-0.2, -0.15) is 13.2 Å². The Hall–Kier alpha value is -0.550. The maximum absolute atomic E-state index is 11.9. The van der Waals surface area contributed by atoms with Gasteiger partial charge in [0.05, 0.1) is 10.8 Å². The molecule has 2 N–H and O–H groups in total. The van der Waals surface area contributed by atoms with E-state index in [9.17, 15) is 13.2 Å². The van der Waals surface area contributed by atoms with Gasteiger partial charge in [-0.3, -0.25) is 0 Å². The van der Waals surface area contributed by atoms with Crippen LogP contribution in [0, 0.1) is 0 Å². The Kier molecular flexibility index (Phi) is 3.55. The van der Waals surface area contributed by atoms with Gasteiger partial charge in [0, 0.05) is 10.6 Å². The lowest BCUT2D eigenvalue weighted by molar-refractivity contribution is -0.105. The molecule has 14 heavy (non-hydrogen) atoms. The van der Waals surface area contributed by atoms with Crippen molar-refractivity contribution in [3.05, 3.63) is 23.2 Å². The van der Waals surface area contributed by atoms with Gasteiger partial charge in [-0.15, -0.1) is 11.8 Å². The number of hydrogen-bond donors (Lipinski definition) is 1.